The quantitative estimate of drug-likeness (QED) is 0.482. The van der Waals surface area contributed by atoms with Crippen LogP contribution >= 0.6 is 0 Å². The Kier molecular flexibility index (Phi) is 5.45. The highest BCUT2D eigenvalue weighted by Crippen LogP contribution is 2.69. The minimum Gasteiger partial charge on any atom is -0.459 e. The molecule has 0 radical (unpaired) electrons. The number of hydrogen-bond acceptors (Lipinski definition) is 4. The number of carbonyl (C=O) groups is 2. The molecule has 166 valence electrons. The van der Waals surface area contributed by atoms with E-state index in [0.29, 0.717) is 11.8 Å². The average Bonchev–Trinajstić information content (AvgIpc) is 2.59. The van der Waals surface area contributed by atoms with E-state index in [1.807, 2.05) is 34.6 Å². The molecule has 2 atom stereocenters. The summed E-state index contributed by atoms with van der Waals surface area (Å²) in [7, 11) is 0. The van der Waals surface area contributed by atoms with E-state index in [0.717, 1.165) is 44.9 Å². The summed E-state index contributed by atoms with van der Waals surface area (Å²) < 4.78 is 12.3. The molecule has 4 heteroatoms. The summed E-state index contributed by atoms with van der Waals surface area (Å²) in [6.07, 6.45) is 7.55. The lowest BCUT2D eigenvalue weighted by atomic mass is 9.41. The van der Waals surface area contributed by atoms with Crippen molar-refractivity contribution in [2.45, 2.75) is 118 Å². The lowest BCUT2D eigenvalue weighted by Gasteiger charge is -2.65. The fraction of sp³-hybridized carbons (Fsp3) is 0.920. The molecule has 4 saturated carbocycles. The Morgan fingerprint density at radius 3 is 1.90 bits per heavy atom. The van der Waals surface area contributed by atoms with Crippen molar-refractivity contribution in [2.75, 3.05) is 0 Å². The van der Waals surface area contributed by atoms with Crippen molar-refractivity contribution in [2.24, 2.45) is 28.1 Å². The molecule has 0 saturated heterocycles. The number of esters is 2. The topological polar surface area (TPSA) is 52.6 Å². The van der Waals surface area contributed by atoms with Gasteiger partial charge in [0, 0.05) is 5.41 Å². The number of carbonyl (C=O) groups excluding carboxylic acids is 2. The molecule has 4 aliphatic rings. The Morgan fingerprint density at radius 1 is 0.862 bits per heavy atom. The highest BCUT2D eigenvalue weighted by molar-refractivity contribution is 5.78. The summed E-state index contributed by atoms with van der Waals surface area (Å²) in [4.78, 5) is 26.4. The van der Waals surface area contributed by atoms with Crippen LogP contribution in [0.2, 0.25) is 0 Å². The van der Waals surface area contributed by atoms with Gasteiger partial charge in [-0.1, -0.05) is 13.8 Å². The molecule has 0 amide bonds. The van der Waals surface area contributed by atoms with E-state index >= 15 is 0 Å². The first-order valence-corrected chi connectivity index (χ1v) is 11.7. The summed E-state index contributed by atoms with van der Waals surface area (Å²) in [6.45, 7) is 16.2. The third-order valence-electron chi connectivity index (χ3n) is 8.78. The molecule has 4 rings (SSSR count). The van der Waals surface area contributed by atoms with Gasteiger partial charge >= 0.3 is 11.9 Å². The molecular formula is C25H42O4. The lowest BCUT2D eigenvalue weighted by molar-refractivity contribution is -0.229. The second kappa shape index (κ2) is 6.99. The predicted molar refractivity (Wildman–Crippen MR) is 114 cm³/mol. The Hall–Kier alpha value is -1.06. The van der Waals surface area contributed by atoms with E-state index in [-0.39, 0.29) is 17.4 Å². The van der Waals surface area contributed by atoms with Crippen LogP contribution in [0.4, 0.5) is 0 Å². The molecule has 0 aromatic heterocycles. The summed E-state index contributed by atoms with van der Waals surface area (Å²) >= 11 is 0. The third-order valence-corrected chi connectivity index (χ3v) is 8.78. The van der Waals surface area contributed by atoms with Crippen LogP contribution in [-0.4, -0.2) is 23.1 Å². The maximum Gasteiger partial charge on any atom is 0.312 e. The molecule has 0 heterocycles. The van der Waals surface area contributed by atoms with Gasteiger partial charge < -0.3 is 9.47 Å². The van der Waals surface area contributed by atoms with E-state index in [9.17, 15) is 9.59 Å². The lowest BCUT2D eigenvalue weighted by Crippen LogP contribution is -2.63. The summed E-state index contributed by atoms with van der Waals surface area (Å²) in [5.41, 5.74) is -2.03. The van der Waals surface area contributed by atoms with E-state index in [2.05, 4.69) is 20.8 Å². The highest BCUT2D eigenvalue weighted by atomic mass is 16.6. The monoisotopic (exact) mass is 406 g/mol. The van der Waals surface area contributed by atoms with Crippen molar-refractivity contribution in [3.05, 3.63) is 0 Å². The van der Waals surface area contributed by atoms with Gasteiger partial charge in [-0.2, -0.15) is 0 Å². The fourth-order valence-electron chi connectivity index (χ4n) is 6.26. The van der Waals surface area contributed by atoms with Crippen LogP contribution in [-0.2, 0) is 19.1 Å². The molecule has 0 spiro atoms. The Bertz CT molecular complexity index is 658. The Balaban J connectivity index is 1.88. The molecule has 4 bridgehead atoms. The van der Waals surface area contributed by atoms with Crippen molar-refractivity contribution < 1.29 is 19.1 Å². The van der Waals surface area contributed by atoms with Crippen LogP contribution < -0.4 is 0 Å². The molecule has 0 N–H and O–H groups in total. The molecule has 0 aliphatic heterocycles. The normalized spacial score (nSPS) is 34.2. The molecule has 2 unspecified atom stereocenters. The third kappa shape index (κ3) is 3.85. The van der Waals surface area contributed by atoms with Crippen LogP contribution in [0.15, 0.2) is 0 Å². The molecular weight excluding hydrogens is 364 g/mol. The summed E-state index contributed by atoms with van der Waals surface area (Å²) in [5.74, 6) is 0.930. The molecule has 0 aromatic rings. The van der Waals surface area contributed by atoms with Crippen LogP contribution in [0.1, 0.15) is 107 Å². The van der Waals surface area contributed by atoms with Gasteiger partial charge in [0.2, 0.25) is 0 Å². The first-order valence-electron chi connectivity index (χ1n) is 11.7. The van der Waals surface area contributed by atoms with E-state index in [1.54, 1.807) is 0 Å². The van der Waals surface area contributed by atoms with Crippen molar-refractivity contribution in [1.29, 1.82) is 0 Å². The molecule has 4 fully saturated rings. The summed E-state index contributed by atoms with van der Waals surface area (Å²) in [6, 6.07) is 0. The Morgan fingerprint density at radius 2 is 1.41 bits per heavy atom. The number of ether oxygens (including phenoxy) is 2. The van der Waals surface area contributed by atoms with Gasteiger partial charge in [-0.25, -0.2) is 0 Å². The van der Waals surface area contributed by atoms with Gasteiger partial charge in [0.15, 0.2) is 0 Å². The number of rotatable bonds is 7. The zero-order valence-corrected chi connectivity index (χ0v) is 19.9. The smallest absolute Gasteiger partial charge is 0.312 e. The zero-order valence-electron chi connectivity index (χ0n) is 19.9. The number of hydrogen-bond donors (Lipinski definition) is 0. The van der Waals surface area contributed by atoms with Gasteiger partial charge in [-0.3, -0.25) is 9.59 Å². The summed E-state index contributed by atoms with van der Waals surface area (Å²) in [5, 5.41) is 0. The largest absolute Gasteiger partial charge is 0.459 e. The van der Waals surface area contributed by atoms with Gasteiger partial charge in [0.05, 0.1) is 10.8 Å². The molecule has 4 aliphatic carbocycles. The van der Waals surface area contributed by atoms with E-state index in [1.165, 1.54) is 6.42 Å². The van der Waals surface area contributed by atoms with Crippen molar-refractivity contribution in [3.63, 3.8) is 0 Å². The van der Waals surface area contributed by atoms with Crippen molar-refractivity contribution in [3.8, 4) is 0 Å². The predicted octanol–water partition coefficient (Wildman–Crippen LogP) is 6.06. The molecule has 0 aromatic carbocycles. The van der Waals surface area contributed by atoms with Crippen LogP contribution in [0.3, 0.4) is 0 Å². The van der Waals surface area contributed by atoms with Gasteiger partial charge in [0.1, 0.15) is 11.2 Å². The van der Waals surface area contributed by atoms with Crippen molar-refractivity contribution in [1.82, 2.24) is 0 Å². The fourth-order valence-corrected chi connectivity index (χ4v) is 6.26. The highest BCUT2D eigenvalue weighted by Gasteiger charge is 2.66. The van der Waals surface area contributed by atoms with Crippen LogP contribution in [0, 0.1) is 28.1 Å². The second-order valence-corrected chi connectivity index (χ2v) is 12.2. The minimum atomic E-state index is -0.583. The molecule has 29 heavy (non-hydrogen) atoms. The van der Waals surface area contributed by atoms with Gasteiger partial charge in [-0.15, -0.1) is 0 Å². The van der Waals surface area contributed by atoms with E-state index < -0.39 is 22.0 Å². The van der Waals surface area contributed by atoms with Gasteiger partial charge in [0.25, 0.3) is 0 Å². The first kappa shape index (κ1) is 22.6. The maximum absolute atomic E-state index is 13.4. The maximum atomic E-state index is 13.4. The SMILES string of the molecule is CCC(C)(C)OC(=O)C12CC3CC(C1)CC(C(C)(C)OC(=O)C(C)(C)CC)(C3)C2. The zero-order chi connectivity index (χ0) is 21.9. The second-order valence-electron chi connectivity index (χ2n) is 12.2. The Labute approximate surface area is 177 Å². The average molecular weight is 407 g/mol. The minimum absolute atomic E-state index is 0.0150. The van der Waals surface area contributed by atoms with Crippen molar-refractivity contribution >= 4 is 11.9 Å². The standard InChI is InChI=1S/C25H42O4/c1-9-21(3,4)19(26)29-23(7,8)25-14-17-11-18(15-25)13-24(12-17,16-25)20(27)28-22(5,6)10-2/h17-18H,9-16H2,1-8H3. The van der Waals surface area contributed by atoms with Gasteiger partial charge in [-0.05, 0) is 105 Å². The van der Waals surface area contributed by atoms with Crippen LogP contribution in [0.5, 0.6) is 0 Å². The van der Waals surface area contributed by atoms with E-state index in [4.69, 9.17) is 9.47 Å². The van der Waals surface area contributed by atoms with Crippen LogP contribution in [0.25, 0.3) is 0 Å². The molecule has 4 nitrogen and oxygen atoms in total. The first-order chi connectivity index (χ1) is 13.2.